The van der Waals surface area contributed by atoms with Crippen molar-refractivity contribution in [3.8, 4) is 0 Å². The lowest BCUT2D eigenvalue weighted by Gasteiger charge is -2.23. The van der Waals surface area contributed by atoms with E-state index in [2.05, 4.69) is 9.88 Å². The molecule has 1 aliphatic rings. The molecule has 1 aromatic heterocycles. The maximum atomic E-state index is 13.1. The second kappa shape index (κ2) is 8.29. The molecule has 2 aromatic rings. The summed E-state index contributed by atoms with van der Waals surface area (Å²) in [6.07, 6.45) is -4.39. The first-order chi connectivity index (χ1) is 13.7. The third-order valence-corrected chi connectivity index (χ3v) is 5.20. The molecule has 29 heavy (non-hydrogen) atoms. The molecule has 3 rings (SSSR count). The molecule has 0 bridgehead atoms. The van der Waals surface area contributed by atoms with Crippen molar-refractivity contribution in [2.45, 2.75) is 19.1 Å². The van der Waals surface area contributed by atoms with Crippen LogP contribution in [0.15, 0.2) is 23.0 Å². The molecule has 0 aliphatic carbocycles. The zero-order valence-electron chi connectivity index (χ0n) is 15.0. The number of alkyl halides is 3. The number of rotatable bonds is 5. The summed E-state index contributed by atoms with van der Waals surface area (Å²) >= 11 is 1.45. The van der Waals surface area contributed by atoms with Crippen LogP contribution in [0.5, 0.6) is 0 Å². The van der Waals surface area contributed by atoms with Crippen molar-refractivity contribution in [2.75, 3.05) is 31.1 Å². The molecule has 1 aromatic carbocycles. The first-order valence-electron chi connectivity index (χ1n) is 8.55. The Morgan fingerprint density at radius 2 is 1.72 bits per heavy atom. The minimum Gasteiger partial charge on any atom is -0.359 e. The van der Waals surface area contributed by atoms with Crippen molar-refractivity contribution >= 4 is 28.4 Å². The van der Waals surface area contributed by atoms with Crippen LogP contribution in [0.1, 0.15) is 17.7 Å². The van der Waals surface area contributed by atoms with Crippen molar-refractivity contribution in [1.29, 1.82) is 0 Å². The molecule has 0 amide bonds. The van der Waals surface area contributed by atoms with E-state index in [0.717, 1.165) is 5.69 Å². The van der Waals surface area contributed by atoms with E-state index in [0.29, 0.717) is 38.2 Å². The Bertz CT molecular complexity index is 871. The predicted molar refractivity (Wildman–Crippen MR) is 99.0 cm³/mol. The van der Waals surface area contributed by atoms with Gasteiger partial charge < -0.3 is 4.90 Å². The van der Waals surface area contributed by atoms with Crippen molar-refractivity contribution < 1.29 is 23.0 Å². The molecule has 0 saturated carbocycles. The van der Waals surface area contributed by atoms with E-state index >= 15 is 0 Å². The van der Waals surface area contributed by atoms with Gasteiger partial charge in [-0.05, 0) is 6.42 Å². The fourth-order valence-electron chi connectivity index (χ4n) is 3.27. The van der Waals surface area contributed by atoms with E-state index < -0.39 is 33.0 Å². The highest BCUT2D eigenvalue weighted by molar-refractivity contribution is 7.07. The maximum Gasteiger partial charge on any atom is 0.416 e. The molecule has 0 atom stereocenters. The fourth-order valence-corrected chi connectivity index (χ4v) is 3.82. The van der Waals surface area contributed by atoms with Gasteiger partial charge in [0.25, 0.3) is 11.4 Å². The largest absolute Gasteiger partial charge is 0.416 e. The van der Waals surface area contributed by atoms with Gasteiger partial charge in [0.15, 0.2) is 5.69 Å². The van der Waals surface area contributed by atoms with Gasteiger partial charge in [0.1, 0.15) is 0 Å². The Kier molecular flexibility index (Phi) is 5.98. The molecule has 1 fully saturated rings. The molecule has 13 heteroatoms. The average Bonchev–Trinajstić information content (AvgIpc) is 3.04. The second-order valence-corrected chi connectivity index (χ2v) is 7.19. The number of nitro benzene ring substituents is 2. The van der Waals surface area contributed by atoms with Gasteiger partial charge >= 0.3 is 6.18 Å². The summed E-state index contributed by atoms with van der Waals surface area (Å²) in [6.45, 7) is 2.09. The third kappa shape index (κ3) is 4.79. The predicted octanol–water partition coefficient (Wildman–Crippen LogP) is 3.69. The van der Waals surface area contributed by atoms with Crippen LogP contribution in [0.4, 0.5) is 30.2 Å². The van der Waals surface area contributed by atoms with Crippen LogP contribution in [0.3, 0.4) is 0 Å². The molecule has 0 N–H and O–H groups in total. The summed E-state index contributed by atoms with van der Waals surface area (Å²) in [5, 5.41) is 24.8. The van der Waals surface area contributed by atoms with Crippen LogP contribution in [0, 0.1) is 20.2 Å². The van der Waals surface area contributed by atoms with E-state index in [1.54, 1.807) is 5.51 Å². The topological polar surface area (TPSA) is 106 Å². The first kappa shape index (κ1) is 20.9. The molecular formula is C16H16F3N5O4S. The minimum absolute atomic E-state index is 0.206. The highest BCUT2D eigenvalue weighted by Gasteiger charge is 2.39. The molecule has 0 radical (unpaired) electrons. The van der Waals surface area contributed by atoms with Gasteiger partial charge in [-0.3, -0.25) is 25.1 Å². The van der Waals surface area contributed by atoms with Gasteiger partial charge in [0, 0.05) is 50.2 Å². The van der Waals surface area contributed by atoms with Crippen LogP contribution >= 0.6 is 11.3 Å². The van der Waals surface area contributed by atoms with Crippen LogP contribution in [-0.2, 0) is 12.7 Å². The van der Waals surface area contributed by atoms with Gasteiger partial charge in [-0.1, -0.05) is 0 Å². The SMILES string of the molecule is O=[N+]([O-])c1cc(C(F)(F)F)cc([N+](=O)[O-])c1N1CCCN(Cc2cscn2)CC1. The standard InChI is InChI=1S/C16H16F3N5O4S/c17-16(18,19)11-6-13(23(25)26)15(14(7-11)24(27)28)22-3-1-2-21(4-5-22)8-12-9-29-10-20-12/h6-7,9-10H,1-5,8H2. The Morgan fingerprint density at radius 3 is 2.24 bits per heavy atom. The molecule has 0 unspecified atom stereocenters. The molecule has 0 spiro atoms. The summed E-state index contributed by atoms with van der Waals surface area (Å²) in [5.41, 5.74) is -1.06. The number of aromatic nitrogens is 1. The number of hydrogen-bond donors (Lipinski definition) is 0. The van der Waals surface area contributed by atoms with E-state index in [1.807, 2.05) is 5.38 Å². The molecular weight excluding hydrogens is 415 g/mol. The first-order valence-corrected chi connectivity index (χ1v) is 9.49. The number of hydrogen-bond acceptors (Lipinski definition) is 8. The zero-order chi connectivity index (χ0) is 21.2. The van der Waals surface area contributed by atoms with Crippen molar-refractivity contribution in [2.24, 2.45) is 0 Å². The van der Waals surface area contributed by atoms with E-state index in [9.17, 15) is 33.4 Å². The van der Waals surface area contributed by atoms with Crippen LogP contribution in [-0.4, -0.2) is 45.9 Å². The van der Waals surface area contributed by atoms with Gasteiger partial charge in [-0.2, -0.15) is 13.2 Å². The summed E-state index contributed by atoms with van der Waals surface area (Å²) in [4.78, 5) is 28.6. The highest BCUT2D eigenvalue weighted by atomic mass is 32.1. The smallest absolute Gasteiger partial charge is 0.359 e. The van der Waals surface area contributed by atoms with Gasteiger partial charge in [-0.15, -0.1) is 11.3 Å². The number of nitro groups is 2. The summed E-state index contributed by atoms with van der Waals surface area (Å²) < 4.78 is 39.2. The molecule has 156 valence electrons. The molecule has 1 saturated heterocycles. The van der Waals surface area contributed by atoms with Crippen LogP contribution in [0.25, 0.3) is 0 Å². The lowest BCUT2D eigenvalue weighted by Crippen LogP contribution is -2.31. The number of nitrogens with zero attached hydrogens (tertiary/aromatic N) is 5. The van der Waals surface area contributed by atoms with Gasteiger partial charge in [0.2, 0.25) is 0 Å². The highest BCUT2D eigenvalue weighted by Crippen LogP contribution is 2.43. The lowest BCUT2D eigenvalue weighted by molar-refractivity contribution is -0.393. The number of benzene rings is 1. The average molecular weight is 431 g/mol. The Morgan fingerprint density at radius 1 is 1.07 bits per heavy atom. The monoisotopic (exact) mass is 431 g/mol. The summed E-state index contributed by atoms with van der Waals surface area (Å²) in [6, 6.07) is 0.723. The number of anilines is 1. The normalized spacial score (nSPS) is 15.9. The van der Waals surface area contributed by atoms with Crippen LogP contribution in [0.2, 0.25) is 0 Å². The molecule has 9 nitrogen and oxygen atoms in total. The van der Waals surface area contributed by atoms with E-state index in [1.165, 1.54) is 16.2 Å². The number of thiazole rings is 1. The minimum atomic E-state index is -4.93. The molecule has 1 aliphatic heterocycles. The second-order valence-electron chi connectivity index (χ2n) is 6.47. The quantitative estimate of drug-likeness (QED) is 0.525. The Hall–Kier alpha value is -2.80. The Balaban J connectivity index is 1.94. The lowest BCUT2D eigenvalue weighted by atomic mass is 10.1. The Labute approximate surface area is 166 Å². The fraction of sp³-hybridized carbons (Fsp3) is 0.438. The molecule has 2 heterocycles. The van der Waals surface area contributed by atoms with Crippen molar-refractivity contribution in [3.05, 3.63) is 54.5 Å². The zero-order valence-corrected chi connectivity index (χ0v) is 15.8. The van der Waals surface area contributed by atoms with Gasteiger partial charge in [-0.25, -0.2) is 4.98 Å². The van der Waals surface area contributed by atoms with Crippen molar-refractivity contribution in [3.63, 3.8) is 0 Å². The summed E-state index contributed by atoms with van der Waals surface area (Å²) in [5.74, 6) is 0. The van der Waals surface area contributed by atoms with Crippen molar-refractivity contribution in [1.82, 2.24) is 9.88 Å². The third-order valence-electron chi connectivity index (χ3n) is 4.56. The van der Waals surface area contributed by atoms with E-state index in [4.69, 9.17) is 0 Å². The maximum absolute atomic E-state index is 13.1. The van der Waals surface area contributed by atoms with E-state index in [-0.39, 0.29) is 18.8 Å². The summed E-state index contributed by atoms with van der Waals surface area (Å²) in [7, 11) is 0. The van der Waals surface area contributed by atoms with Gasteiger partial charge in [0.05, 0.1) is 26.6 Å². The van der Waals surface area contributed by atoms with Crippen LogP contribution < -0.4 is 4.90 Å². The number of halogens is 3.